The van der Waals surface area contributed by atoms with Gasteiger partial charge in [0.05, 0.1) is 11.6 Å². The highest BCUT2D eigenvalue weighted by Crippen LogP contribution is 2.24. The molecule has 0 atom stereocenters. The molecule has 0 bridgehead atoms. The van der Waals surface area contributed by atoms with Gasteiger partial charge in [0.25, 0.3) is 0 Å². The molecule has 0 N–H and O–H groups in total. The summed E-state index contributed by atoms with van der Waals surface area (Å²) in [6.07, 6.45) is 0. The zero-order chi connectivity index (χ0) is 14.5. The van der Waals surface area contributed by atoms with Crippen molar-refractivity contribution >= 4 is 0 Å². The van der Waals surface area contributed by atoms with Gasteiger partial charge in [-0.25, -0.2) is 0 Å². The van der Waals surface area contributed by atoms with Crippen molar-refractivity contribution in [3.63, 3.8) is 0 Å². The molecule has 0 radical (unpaired) electrons. The van der Waals surface area contributed by atoms with E-state index in [-0.39, 0.29) is 0 Å². The normalized spacial score (nSPS) is 16.9. The molecule has 0 aliphatic carbocycles. The van der Waals surface area contributed by atoms with Gasteiger partial charge in [0.2, 0.25) is 0 Å². The number of nitriles is 1. The summed E-state index contributed by atoms with van der Waals surface area (Å²) in [5.74, 6) is 0.929. The molecular weight excluding hydrogens is 250 g/mol. The quantitative estimate of drug-likeness (QED) is 0.838. The SMILES string of the molecule is Cc1cc(C#N)cc(C)c1OCCN1CCN(C)CC1. The lowest BCUT2D eigenvalue weighted by Crippen LogP contribution is -2.45. The van der Waals surface area contributed by atoms with E-state index >= 15 is 0 Å². The first kappa shape index (κ1) is 14.8. The Morgan fingerprint density at radius 3 is 2.30 bits per heavy atom. The van der Waals surface area contributed by atoms with E-state index in [2.05, 4.69) is 22.9 Å². The van der Waals surface area contributed by atoms with Gasteiger partial charge < -0.3 is 9.64 Å². The van der Waals surface area contributed by atoms with Crippen LogP contribution < -0.4 is 4.74 Å². The summed E-state index contributed by atoms with van der Waals surface area (Å²) in [6, 6.07) is 5.95. The lowest BCUT2D eigenvalue weighted by molar-refractivity contribution is 0.133. The number of ether oxygens (including phenoxy) is 1. The maximum atomic E-state index is 8.94. The van der Waals surface area contributed by atoms with Crippen LogP contribution in [0.5, 0.6) is 5.75 Å². The maximum absolute atomic E-state index is 8.94. The number of hydrogen-bond acceptors (Lipinski definition) is 4. The second-order valence-electron chi connectivity index (χ2n) is 5.54. The number of aryl methyl sites for hydroxylation is 2. The average molecular weight is 273 g/mol. The van der Waals surface area contributed by atoms with Crippen molar-refractivity contribution in [2.45, 2.75) is 13.8 Å². The van der Waals surface area contributed by atoms with Crippen LogP contribution in [-0.4, -0.2) is 56.2 Å². The van der Waals surface area contributed by atoms with E-state index in [0.29, 0.717) is 12.2 Å². The van der Waals surface area contributed by atoms with Crippen molar-refractivity contribution < 1.29 is 4.74 Å². The van der Waals surface area contributed by atoms with Crippen LogP contribution in [-0.2, 0) is 0 Å². The first-order valence-electron chi connectivity index (χ1n) is 7.15. The van der Waals surface area contributed by atoms with Gasteiger partial charge in [-0.05, 0) is 44.2 Å². The lowest BCUT2D eigenvalue weighted by atomic mass is 10.1. The van der Waals surface area contributed by atoms with E-state index in [1.165, 1.54) is 0 Å². The summed E-state index contributed by atoms with van der Waals surface area (Å²) in [6.45, 7) is 10.2. The molecule has 1 aromatic rings. The number of likely N-dealkylation sites (N-methyl/N-ethyl adjacent to an activating group) is 1. The summed E-state index contributed by atoms with van der Waals surface area (Å²) >= 11 is 0. The average Bonchev–Trinajstić information content (AvgIpc) is 2.43. The van der Waals surface area contributed by atoms with Gasteiger partial charge in [0.1, 0.15) is 12.4 Å². The monoisotopic (exact) mass is 273 g/mol. The summed E-state index contributed by atoms with van der Waals surface area (Å²) in [5, 5.41) is 8.94. The van der Waals surface area contributed by atoms with Gasteiger partial charge in [-0.1, -0.05) is 0 Å². The molecule has 1 fully saturated rings. The number of piperazine rings is 1. The van der Waals surface area contributed by atoms with Crippen LogP contribution in [0, 0.1) is 25.2 Å². The van der Waals surface area contributed by atoms with Crippen LogP contribution in [0.2, 0.25) is 0 Å². The smallest absolute Gasteiger partial charge is 0.125 e. The van der Waals surface area contributed by atoms with Crippen molar-refractivity contribution in [1.82, 2.24) is 9.80 Å². The Morgan fingerprint density at radius 1 is 1.15 bits per heavy atom. The van der Waals surface area contributed by atoms with Crippen molar-refractivity contribution in [2.75, 3.05) is 46.4 Å². The summed E-state index contributed by atoms with van der Waals surface area (Å²) in [7, 11) is 2.16. The molecule has 1 aliphatic rings. The minimum Gasteiger partial charge on any atom is -0.492 e. The van der Waals surface area contributed by atoms with Crippen molar-refractivity contribution in [2.24, 2.45) is 0 Å². The Kier molecular flexibility index (Phi) is 4.99. The molecule has 0 spiro atoms. The van der Waals surface area contributed by atoms with Crippen LogP contribution in [0.4, 0.5) is 0 Å². The summed E-state index contributed by atoms with van der Waals surface area (Å²) < 4.78 is 5.93. The third kappa shape index (κ3) is 3.72. The molecule has 4 heteroatoms. The van der Waals surface area contributed by atoms with Crippen molar-refractivity contribution in [3.05, 3.63) is 28.8 Å². The van der Waals surface area contributed by atoms with Crippen LogP contribution in [0.1, 0.15) is 16.7 Å². The van der Waals surface area contributed by atoms with E-state index in [1.54, 1.807) is 0 Å². The van der Waals surface area contributed by atoms with E-state index in [1.807, 2.05) is 26.0 Å². The highest BCUT2D eigenvalue weighted by atomic mass is 16.5. The Balaban J connectivity index is 1.87. The van der Waals surface area contributed by atoms with Crippen molar-refractivity contribution in [3.8, 4) is 11.8 Å². The summed E-state index contributed by atoms with van der Waals surface area (Å²) in [4.78, 5) is 4.79. The van der Waals surface area contributed by atoms with Crippen molar-refractivity contribution in [1.29, 1.82) is 5.26 Å². The third-order valence-corrected chi connectivity index (χ3v) is 3.84. The molecule has 1 saturated heterocycles. The van der Waals surface area contributed by atoms with Gasteiger partial charge in [-0.3, -0.25) is 4.90 Å². The molecule has 4 nitrogen and oxygen atoms in total. The molecule has 1 heterocycles. The van der Waals surface area contributed by atoms with Crippen LogP contribution in [0.15, 0.2) is 12.1 Å². The second-order valence-corrected chi connectivity index (χ2v) is 5.54. The largest absolute Gasteiger partial charge is 0.492 e. The fourth-order valence-corrected chi connectivity index (χ4v) is 2.59. The van der Waals surface area contributed by atoms with E-state index in [4.69, 9.17) is 10.00 Å². The molecule has 0 unspecified atom stereocenters. The molecule has 2 rings (SSSR count). The Morgan fingerprint density at radius 2 is 1.75 bits per heavy atom. The van der Waals surface area contributed by atoms with Gasteiger partial charge in [-0.2, -0.15) is 5.26 Å². The van der Waals surface area contributed by atoms with Crippen LogP contribution >= 0.6 is 0 Å². The van der Waals surface area contributed by atoms with Crippen LogP contribution in [0.25, 0.3) is 0 Å². The van der Waals surface area contributed by atoms with E-state index in [0.717, 1.165) is 49.6 Å². The highest BCUT2D eigenvalue weighted by Gasteiger charge is 2.14. The summed E-state index contributed by atoms with van der Waals surface area (Å²) in [5.41, 5.74) is 2.78. The molecule has 1 aliphatic heterocycles. The zero-order valence-electron chi connectivity index (χ0n) is 12.6. The molecular formula is C16H23N3O. The van der Waals surface area contributed by atoms with Gasteiger partial charge in [0, 0.05) is 32.7 Å². The highest BCUT2D eigenvalue weighted by molar-refractivity contribution is 5.47. The second kappa shape index (κ2) is 6.74. The molecule has 0 aromatic heterocycles. The Labute approximate surface area is 121 Å². The molecule has 1 aromatic carbocycles. The molecule has 0 saturated carbocycles. The first-order chi connectivity index (χ1) is 9.60. The zero-order valence-corrected chi connectivity index (χ0v) is 12.6. The fourth-order valence-electron chi connectivity index (χ4n) is 2.59. The van der Waals surface area contributed by atoms with E-state index < -0.39 is 0 Å². The lowest BCUT2D eigenvalue weighted by Gasteiger charge is -2.32. The molecule has 0 amide bonds. The standard InChI is InChI=1S/C16H23N3O/c1-13-10-15(12-17)11-14(2)16(13)20-9-8-19-6-4-18(3)5-7-19/h10-11H,4-9H2,1-3H3. The van der Waals surface area contributed by atoms with E-state index in [9.17, 15) is 0 Å². The number of hydrogen-bond donors (Lipinski definition) is 0. The fraction of sp³-hybridized carbons (Fsp3) is 0.562. The minimum absolute atomic E-state index is 0.700. The Hall–Kier alpha value is -1.57. The number of nitrogens with zero attached hydrogens (tertiary/aromatic N) is 3. The minimum atomic E-state index is 0.700. The molecule has 108 valence electrons. The molecule has 20 heavy (non-hydrogen) atoms. The Bertz CT molecular complexity index is 476. The predicted octanol–water partition coefficient (Wildman–Crippen LogP) is 1.80. The van der Waals surface area contributed by atoms with Crippen LogP contribution in [0.3, 0.4) is 0 Å². The van der Waals surface area contributed by atoms with Gasteiger partial charge in [0.15, 0.2) is 0 Å². The first-order valence-corrected chi connectivity index (χ1v) is 7.15. The van der Waals surface area contributed by atoms with Gasteiger partial charge in [-0.15, -0.1) is 0 Å². The topological polar surface area (TPSA) is 39.5 Å². The van der Waals surface area contributed by atoms with Gasteiger partial charge >= 0.3 is 0 Å². The maximum Gasteiger partial charge on any atom is 0.125 e. The third-order valence-electron chi connectivity index (χ3n) is 3.84. The number of rotatable bonds is 4. The predicted molar refractivity (Wildman–Crippen MR) is 80.1 cm³/mol. The number of benzene rings is 1.